The van der Waals surface area contributed by atoms with Crippen LogP contribution in [0.5, 0.6) is 0 Å². The molecule has 6 heteroatoms. The monoisotopic (exact) mass is 334 g/mol. The van der Waals surface area contributed by atoms with Crippen molar-refractivity contribution in [3.8, 4) is 0 Å². The molecule has 0 saturated heterocycles. The van der Waals surface area contributed by atoms with Gasteiger partial charge >= 0.3 is 0 Å². The van der Waals surface area contributed by atoms with Crippen LogP contribution < -0.4 is 5.32 Å². The molecule has 0 aliphatic rings. The molecule has 1 heterocycles. The fourth-order valence-electron chi connectivity index (χ4n) is 1.95. The average molecular weight is 335 g/mol. The van der Waals surface area contributed by atoms with Crippen LogP contribution in [0.1, 0.15) is 10.4 Å². The molecule has 0 aliphatic carbocycles. The highest BCUT2D eigenvalue weighted by atomic mass is 35.5. The second kappa shape index (κ2) is 6.05. The van der Waals surface area contributed by atoms with Gasteiger partial charge in [-0.2, -0.15) is 0 Å². The fraction of sp³-hybridized carbons (Fsp3) is 0.0667. The maximum atomic E-state index is 12.4. The number of anilines is 1. The van der Waals surface area contributed by atoms with Crippen molar-refractivity contribution in [3.63, 3.8) is 0 Å². The van der Waals surface area contributed by atoms with E-state index in [0.717, 1.165) is 15.1 Å². The first kappa shape index (κ1) is 14.4. The van der Waals surface area contributed by atoms with Gasteiger partial charge in [0, 0.05) is 9.92 Å². The average Bonchev–Trinajstić information content (AvgIpc) is 2.88. The Morgan fingerprint density at radius 3 is 2.90 bits per heavy atom. The number of nitrogens with zero attached hydrogens (tertiary/aromatic N) is 1. The summed E-state index contributed by atoms with van der Waals surface area (Å²) in [6, 6.07) is 13.0. The summed E-state index contributed by atoms with van der Waals surface area (Å²) in [6.07, 6.45) is 1.95. The van der Waals surface area contributed by atoms with Gasteiger partial charge in [-0.15, -0.1) is 11.8 Å². The molecule has 0 aliphatic heterocycles. The quantitative estimate of drug-likeness (QED) is 0.691. The summed E-state index contributed by atoms with van der Waals surface area (Å²) in [5.41, 5.74) is 1.49. The number of fused-ring (bicyclic) bond motifs is 1. The SMILES string of the molecule is CSc1ccccc1C(=O)Nc1nc2ccc(Cl)cc2s1. The molecule has 0 spiro atoms. The van der Waals surface area contributed by atoms with E-state index in [9.17, 15) is 4.79 Å². The number of thiazole rings is 1. The molecule has 0 fully saturated rings. The largest absolute Gasteiger partial charge is 0.298 e. The summed E-state index contributed by atoms with van der Waals surface area (Å²) in [6.45, 7) is 0. The summed E-state index contributed by atoms with van der Waals surface area (Å²) >= 11 is 8.92. The van der Waals surface area contributed by atoms with Gasteiger partial charge in [-0.1, -0.05) is 35.1 Å². The lowest BCUT2D eigenvalue weighted by Gasteiger charge is -2.05. The molecular weight excluding hydrogens is 324 g/mol. The smallest absolute Gasteiger partial charge is 0.258 e. The van der Waals surface area contributed by atoms with Crippen LogP contribution in [0.3, 0.4) is 0 Å². The lowest BCUT2D eigenvalue weighted by Crippen LogP contribution is -2.12. The highest BCUT2D eigenvalue weighted by Crippen LogP contribution is 2.29. The Morgan fingerprint density at radius 2 is 2.10 bits per heavy atom. The van der Waals surface area contributed by atoms with Crippen LogP contribution in [-0.2, 0) is 0 Å². The lowest BCUT2D eigenvalue weighted by atomic mass is 10.2. The fourth-order valence-corrected chi connectivity index (χ4v) is 3.68. The van der Waals surface area contributed by atoms with Gasteiger partial charge in [0.05, 0.1) is 15.8 Å². The normalized spacial score (nSPS) is 10.8. The number of aromatic nitrogens is 1. The van der Waals surface area contributed by atoms with Crippen molar-refractivity contribution in [1.29, 1.82) is 0 Å². The van der Waals surface area contributed by atoms with Crippen molar-refractivity contribution in [1.82, 2.24) is 4.98 Å². The van der Waals surface area contributed by atoms with E-state index in [-0.39, 0.29) is 5.91 Å². The van der Waals surface area contributed by atoms with Gasteiger partial charge in [0.25, 0.3) is 5.91 Å². The van der Waals surface area contributed by atoms with Gasteiger partial charge in [0.15, 0.2) is 5.13 Å². The summed E-state index contributed by atoms with van der Waals surface area (Å²) in [5, 5.41) is 4.09. The minimum atomic E-state index is -0.148. The number of rotatable bonds is 3. The number of hydrogen-bond acceptors (Lipinski definition) is 4. The van der Waals surface area contributed by atoms with Crippen LogP contribution in [0.15, 0.2) is 47.4 Å². The van der Waals surface area contributed by atoms with E-state index in [1.807, 2.05) is 42.7 Å². The Bertz CT molecular complexity index is 816. The molecule has 3 rings (SSSR count). The first-order valence-electron chi connectivity index (χ1n) is 6.18. The molecule has 2 aromatic carbocycles. The molecule has 0 unspecified atom stereocenters. The molecule has 3 nitrogen and oxygen atoms in total. The Morgan fingerprint density at radius 1 is 1.29 bits per heavy atom. The topological polar surface area (TPSA) is 42.0 Å². The summed E-state index contributed by atoms with van der Waals surface area (Å²) < 4.78 is 0.955. The van der Waals surface area contributed by atoms with E-state index >= 15 is 0 Å². The molecule has 1 aromatic heterocycles. The van der Waals surface area contributed by atoms with Gasteiger partial charge in [0.2, 0.25) is 0 Å². The third kappa shape index (κ3) is 3.05. The van der Waals surface area contributed by atoms with Crippen LogP contribution >= 0.6 is 34.7 Å². The molecule has 0 saturated carbocycles. The Balaban J connectivity index is 1.89. The third-order valence-corrected chi connectivity index (χ3v) is 4.89. The summed E-state index contributed by atoms with van der Waals surface area (Å²) in [4.78, 5) is 17.7. The molecule has 21 heavy (non-hydrogen) atoms. The highest BCUT2D eigenvalue weighted by molar-refractivity contribution is 7.98. The van der Waals surface area contributed by atoms with Crippen molar-refractivity contribution in [3.05, 3.63) is 53.1 Å². The van der Waals surface area contributed by atoms with Crippen LogP contribution in [0, 0.1) is 0 Å². The molecule has 0 atom stereocenters. The van der Waals surface area contributed by atoms with Crippen molar-refractivity contribution < 1.29 is 4.79 Å². The standard InChI is InChI=1S/C15H11ClN2OS2/c1-20-12-5-3-2-4-10(12)14(19)18-15-17-11-7-6-9(16)8-13(11)21-15/h2-8H,1H3,(H,17,18,19). The number of thioether (sulfide) groups is 1. The molecule has 3 aromatic rings. The number of hydrogen-bond donors (Lipinski definition) is 1. The Labute approximate surface area is 135 Å². The van der Waals surface area contributed by atoms with Gasteiger partial charge in [-0.3, -0.25) is 10.1 Å². The van der Waals surface area contributed by atoms with Crippen molar-refractivity contribution in [2.45, 2.75) is 4.90 Å². The van der Waals surface area contributed by atoms with E-state index in [2.05, 4.69) is 10.3 Å². The second-order valence-corrected chi connectivity index (χ2v) is 6.60. The molecule has 1 N–H and O–H groups in total. The maximum Gasteiger partial charge on any atom is 0.258 e. The Kier molecular flexibility index (Phi) is 4.14. The van der Waals surface area contributed by atoms with E-state index in [4.69, 9.17) is 11.6 Å². The predicted octanol–water partition coefficient (Wildman–Crippen LogP) is 4.92. The van der Waals surface area contributed by atoms with Crippen molar-refractivity contribution in [2.75, 3.05) is 11.6 Å². The number of carbonyl (C=O) groups is 1. The van der Waals surface area contributed by atoms with Crippen LogP contribution in [0.25, 0.3) is 10.2 Å². The Hall–Kier alpha value is -1.56. The summed E-state index contributed by atoms with van der Waals surface area (Å²) in [5.74, 6) is -0.148. The number of halogens is 1. The molecule has 1 amide bonds. The number of carbonyl (C=O) groups excluding carboxylic acids is 1. The van der Waals surface area contributed by atoms with Gasteiger partial charge in [-0.25, -0.2) is 4.98 Å². The summed E-state index contributed by atoms with van der Waals surface area (Å²) in [7, 11) is 0. The van der Waals surface area contributed by atoms with Crippen LogP contribution in [-0.4, -0.2) is 17.1 Å². The molecule has 0 bridgehead atoms. The molecular formula is C15H11ClN2OS2. The van der Waals surface area contributed by atoms with E-state index < -0.39 is 0 Å². The number of benzene rings is 2. The zero-order valence-corrected chi connectivity index (χ0v) is 13.5. The van der Waals surface area contributed by atoms with Gasteiger partial charge < -0.3 is 0 Å². The number of amides is 1. The minimum absolute atomic E-state index is 0.148. The highest BCUT2D eigenvalue weighted by Gasteiger charge is 2.13. The second-order valence-electron chi connectivity index (χ2n) is 4.29. The minimum Gasteiger partial charge on any atom is -0.298 e. The first-order valence-corrected chi connectivity index (χ1v) is 8.60. The van der Waals surface area contributed by atoms with Crippen LogP contribution in [0.4, 0.5) is 5.13 Å². The zero-order chi connectivity index (χ0) is 14.8. The van der Waals surface area contributed by atoms with Crippen LogP contribution in [0.2, 0.25) is 5.02 Å². The predicted molar refractivity (Wildman–Crippen MR) is 90.8 cm³/mol. The van der Waals surface area contributed by atoms with Gasteiger partial charge in [0.1, 0.15) is 0 Å². The van der Waals surface area contributed by atoms with Crippen molar-refractivity contribution >= 4 is 56.0 Å². The van der Waals surface area contributed by atoms with E-state index in [0.29, 0.717) is 15.7 Å². The third-order valence-electron chi connectivity index (χ3n) is 2.92. The van der Waals surface area contributed by atoms with E-state index in [1.54, 1.807) is 17.8 Å². The molecule has 0 radical (unpaired) electrons. The number of nitrogens with one attached hydrogen (secondary N) is 1. The van der Waals surface area contributed by atoms with E-state index in [1.165, 1.54) is 11.3 Å². The first-order chi connectivity index (χ1) is 10.2. The molecule has 106 valence electrons. The van der Waals surface area contributed by atoms with Gasteiger partial charge in [-0.05, 0) is 36.6 Å². The van der Waals surface area contributed by atoms with Crippen molar-refractivity contribution in [2.24, 2.45) is 0 Å². The maximum absolute atomic E-state index is 12.4. The lowest BCUT2D eigenvalue weighted by molar-refractivity contribution is 0.102. The zero-order valence-electron chi connectivity index (χ0n) is 11.1.